The molecule has 0 N–H and O–H groups in total. The summed E-state index contributed by atoms with van der Waals surface area (Å²) in [6, 6.07) is 4.36. The maximum atomic E-state index is 5.87. The van der Waals surface area contributed by atoms with Crippen LogP contribution < -0.4 is 4.90 Å². The molecule has 128 valence electrons. The van der Waals surface area contributed by atoms with Crippen LogP contribution in [0.4, 0.5) is 5.82 Å². The highest BCUT2D eigenvalue weighted by Crippen LogP contribution is 2.22. The van der Waals surface area contributed by atoms with Gasteiger partial charge in [0.1, 0.15) is 18.2 Å². The van der Waals surface area contributed by atoms with Gasteiger partial charge in [0.25, 0.3) is 0 Å². The van der Waals surface area contributed by atoms with Gasteiger partial charge < -0.3 is 14.2 Å². The highest BCUT2D eigenvalue weighted by molar-refractivity contribution is 5.40. The molecule has 24 heavy (non-hydrogen) atoms. The average Bonchev–Trinajstić information content (AvgIpc) is 3.27. The summed E-state index contributed by atoms with van der Waals surface area (Å²) in [4.78, 5) is 9.41. The molecule has 0 amide bonds. The van der Waals surface area contributed by atoms with Crippen molar-refractivity contribution < 1.29 is 4.74 Å². The SMILES string of the molecule is Cn1cnnc1[C@@H]1CN(Cc2ccc(N3CCCC3)nc2)CCO1. The average molecular weight is 328 g/mol. The predicted octanol–water partition coefficient (Wildman–Crippen LogP) is 1.38. The number of hydrogen-bond donors (Lipinski definition) is 0. The van der Waals surface area contributed by atoms with Crippen LogP contribution in [0.3, 0.4) is 0 Å². The molecule has 2 aliphatic heterocycles. The fourth-order valence-electron chi connectivity index (χ4n) is 3.49. The fourth-order valence-corrected chi connectivity index (χ4v) is 3.49. The Morgan fingerprint density at radius 1 is 1.21 bits per heavy atom. The summed E-state index contributed by atoms with van der Waals surface area (Å²) >= 11 is 0. The van der Waals surface area contributed by atoms with Crippen LogP contribution in [-0.4, -0.2) is 57.4 Å². The third kappa shape index (κ3) is 3.27. The Morgan fingerprint density at radius 3 is 2.79 bits per heavy atom. The van der Waals surface area contributed by atoms with Gasteiger partial charge in [0.2, 0.25) is 0 Å². The molecule has 0 aromatic carbocycles. The lowest BCUT2D eigenvalue weighted by molar-refractivity contribution is -0.0385. The van der Waals surface area contributed by atoms with Gasteiger partial charge in [-0.1, -0.05) is 6.07 Å². The first-order valence-electron chi connectivity index (χ1n) is 8.67. The van der Waals surface area contributed by atoms with Crippen LogP contribution in [0.5, 0.6) is 0 Å². The Hall–Kier alpha value is -1.99. The second-order valence-electron chi connectivity index (χ2n) is 6.61. The minimum absolute atomic E-state index is 0.0110. The molecule has 2 aromatic heterocycles. The Labute approximate surface area is 142 Å². The van der Waals surface area contributed by atoms with Gasteiger partial charge in [-0.05, 0) is 24.5 Å². The second kappa shape index (κ2) is 6.86. The van der Waals surface area contributed by atoms with Crippen LogP contribution in [0.2, 0.25) is 0 Å². The van der Waals surface area contributed by atoms with Gasteiger partial charge in [0.05, 0.1) is 6.61 Å². The number of morpholine rings is 1. The summed E-state index contributed by atoms with van der Waals surface area (Å²) in [6.45, 7) is 5.65. The normalized spacial score (nSPS) is 22.2. The van der Waals surface area contributed by atoms with Crippen LogP contribution in [0.15, 0.2) is 24.7 Å². The van der Waals surface area contributed by atoms with E-state index in [0.29, 0.717) is 0 Å². The zero-order valence-corrected chi connectivity index (χ0v) is 14.1. The van der Waals surface area contributed by atoms with E-state index in [1.54, 1.807) is 6.33 Å². The van der Waals surface area contributed by atoms with Gasteiger partial charge in [-0.3, -0.25) is 4.90 Å². The Bertz CT molecular complexity index is 664. The smallest absolute Gasteiger partial charge is 0.163 e. The van der Waals surface area contributed by atoms with Crippen LogP contribution in [0.1, 0.15) is 30.3 Å². The molecule has 7 nitrogen and oxygen atoms in total. The second-order valence-corrected chi connectivity index (χ2v) is 6.61. The summed E-state index contributed by atoms with van der Waals surface area (Å²) in [5.41, 5.74) is 1.25. The predicted molar refractivity (Wildman–Crippen MR) is 90.7 cm³/mol. The number of pyridine rings is 1. The minimum atomic E-state index is -0.0110. The number of aromatic nitrogens is 4. The van der Waals surface area contributed by atoms with Crippen molar-refractivity contribution >= 4 is 5.82 Å². The monoisotopic (exact) mass is 328 g/mol. The standard InChI is InChI=1S/C17H24N6O/c1-21-13-19-20-17(21)15-12-22(8-9-24-15)11-14-4-5-16(18-10-14)23-6-2-3-7-23/h4-5,10,13,15H,2-3,6-9,11-12H2,1H3/t15-/m0/s1. The van der Waals surface area contributed by atoms with Gasteiger partial charge in [-0.2, -0.15) is 0 Å². The summed E-state index contributed by atoms with van der Waals surface area (Å²) < 4.78 is 7.80. The van der Waals surface area contributed by atoms with Crippen molar-refractivity contribution in [2.24, 2.45) is 7.05 Å². The Balaban J connectivity index is 1.38. The highest BCUT2D eigenvalue weighted by Gasteiger charge is 2.25. The number of rotatable bonds is 4. The molecule has 4 rings (SSSR count). The molecule has 2 fully saturated rings. The molecule has 0 saturated carbocycles. The molecular formula is C17H24N6O. The van der Waals surface area contributed by atoms with Crippen molar-refractivity contribution in [3.05, 3.63) is 36.0 Å². The van der Waals surface area contributed by atoms with E-state index in [-0.39, 0.29) is 6.10 Å². The first-order valence-corrected chi connectivity index (χ1v) is 8.67. The topological polar surface area (TPSA) is 59.3 Å². The van der Waals surface area contributed by atoms with Gasteiger partial charge in [-0.25, -0.2) is 4.98 Å². The van der Waals surface area contributed by atoms with Crippen LogP contribution in [0, 0.1) is 0 Å². The molecule has 0 radical (unpaired) electrons. The zero-order valence-electron chi connectivity index (χ0n) is 14.1. The molecule has 2 saturated heterocycles. The van der Waals surface area contributed by atoms with E-state index >= 15 is 0 Å². The lowest BCUT2D eigenvalue weighted by Crippen LogP contribution is -2.38. The lowest BCUT2D eigenvalue weighted by atomic mass is 10.2. The molecule has 4 heterocycles. The third-order valence-electron chi connectivity index (χ3n) is 4.83. The van der Waals surface area contributed by atoms with Crippen LogP contribution in [-0.2, 0) is 18.3 Å². The summed E-state index contributed by atoms with van der Waals surface area (Å²) in [6.07, 6.45) is 6.28. The van der Waals surface area contributed by atoms with Gasteiger partial charge in [-0.15, -0.1) is 10.2 Å². The van der Waals surface area contributed by atoms with E-state index in [1.807, 2.05) is 17.8 Å². The number of aryl methyl sites for hydroxylation is 1. The first kappa shape index (κ1) is 15.5. The molecule has 2 aromatic rings. The molecular weight excluding hydrogens is 304 g/mol. The number of hydrogen-bond acceptors (Lipinski definition) is 6. The molecule has 7 heteroatoms. The molecule has 0 spiro atoms. The summed E-state index contributed by atoms with van der Waals surface area (Å²) in [7, 11) is 1.96. The molecule has 0 unspecified atom stereocenters. The number of ether oxygens (including phenoxy) is 1. The maximum Gasteiger partial charge on any atom is 0.163 e. The van der Waals surface area contributed by atoms with E-state index in [2.05, 4.69) is 37.1 Å². The molecule has 2 aliphatic rings. The van der Waals surface area contributed by atoms with Crippen LogP contribution in [0.25, 0.3) is 0 Å². The Kier molecular flexibility index (Phi) is 4.44. The zero-order chi connectivity index (χ0) is 16.4. The highest BCUT2D eigenvalue weighted by atomic mass is 16.5. The maximum absolute atomic E-state index is 5.87. The van der Waals surface area contributed by atoms with Gasteiger partial charge in [0.15, 0.2) is 5.82 Å². The van der Waals surface area contributed by atoms with Crippen molar-refractivity contribution in [3.8, 4) is 0 Å². The van der Waals surface area contributed by atoms with Crippen molar-refractivity contribution in [2.75, 3.05) is 37.7 Å². The summed E-state index contributed by atoms with van der Waals surface area (Å²) in [5, 5.41) is 8.13. The minimum Gasteiger partial charge on any atom is -0.368 e. The van der Waals surface area contributed by atoms with E-state index in [4.69, 9.17) is 4.74 Å². The number of nitrogens with zero attached hydrogens (tertiary/aromatic N) is 6. The van der Waals surface area contributed by atoms with E-state index in [9.17, 15) is 0 Å². The van der Waals surface area contributed by atoms with Gasteiger partial charge >= 0.3 is 0 Å². The van der Waals surface area contributed by atoms with Gasteiger partial charge in [0, 0.05) is 46.0 Å². The van der Waals surface area contributed by atoms with Crippen molar-refractivity contribution in [1.82, 2.24) is 24.6 Å². The quantitative estimate of drug-likeness (QED) is 0.845. The van der Waals surface area contributed by atoms with Crippen molar-refractivity contribution in [2.45, 2.75) is 25.5 Å². The van der Waals surface area contributed by atoms with E-state index in [0.717, 1.165) is 51.0 Å². The molecule has 0 bridgehead atoms. The largest absolute Gasteiger partial charge is 0.368 e. The first-order chi connectivity index (χ1) is 11.8. The molecule has 0 aliphatic carbocycles. The van der Waals surface area contributed by atoms with E-state index < -0.39 is 0 Å². The van der Waals surface area contributed by atoms with Crippen LogP contribution >= 0.6 is 0 Å². The number of anilines is 1. The van der Waals surface area contributed by atoms with Crippen molar-refractivity contribution in [3.63, 3.8) is 0 Å². The lowest BCUT2D eigenvalue weighted by Gasteiger charge is -2.32. The molecule has 1 atom stereocenters. The van der Waals surface area contributed by atoms with E-state index in [1.165, 1.54) is 18.4 Å². The van der Waals surface area contributed by atoms with Crippen molar-refractivity contribution in [1.29, 1.82) is 0 Å². The third-order valence-corrected chi connectivity index (χ3v) is 4.83. The Morgan fingerprint density at radius 2 is 2.08 bits per heavy atom. The fraction of sp³-hybridized carbons (Fsp3) is 0.588. The summed E-state index contributed by atoms with van der Waals surface area (Å²) in [5.74, 6) is 2.00.